The summed E-state index contributed by atoms with van der Waals surface area (Å²) < 4.78 is 5.78. The zero-order valence-corrected chi connectivity index (χ0v) is 12.3. The molecule has 1 heterocycles. The van der Waals surface area contributed by atoms with Gasteiger partial charge in [0.1, 0.15) is 5.75 Å². The highest BCUT2D eigenvalue weighted by Gasteiger charge is 2.33. The van der Waals surface area contributed by atoms with Crippen LogP contribution in [0.4, 0.5) is 0 Å². The molecule has 1 aromatic rings. The second-order valence-electron chi connectivity index (χ2n) is 6.72. The van der Waals surface area contributed by atoms with E-state index in [1.807, 2.05) is 0 Å². The average molecular weight is 259 g/mol. The standard InChI is InChI=1S/C17H25NO/c1-4-18-15(9-12-5-6-12)13-7-8-16-14(10-13)17(2,3)11-19-16/h7-8,10,12,15,18H,4-6,9,11H2,1-3H3. The molecule has 104 valence electrons. The van der Waals surface area contributed by atoms with E-state index in [4.69, 9.17) is 4.74 Å². The number of ether oxygens (including phenoxy) is 1. The van der Waals surface area contributed by atoms with Crippen molar-refractivity contribution in [1.82, 2.24) is 5.32 Å². The van der Waals surface area contributed by atoms with Gasteiger partial charge in [0.25, 0.3) is 0 Å². The van der Waals surface area contributed by atoms with E-state index >= 15 is 0 Å². The minimum absolute atomic E-state index is 0.154. The molecule has 1 N–H and O–H groups in total. The molecule has 1 aromatic carbocycles. The zero-order chi connectivity index (χ0) is 13.5. The van der Waals surface area contributed by atoms with Crippen molar-refractivity contribution < 1.29 is 4.74 Å². The van der Waals surface area contributed by atoms with Crippen molar-refractivity contribution in [2.24, 2.45) is 5.92 Å². The SMILES string of the molecule is CCNC(CC1CC1)c1ccc2c(c1)C(C)(C)CO2. The highest BCUT2D eigenvalue weighted by atomic mass is 16.5. The molecular weight excluding hydrogens is 234 g/mol. The monoisotopic (exact) mass is 259 g/mol. The van der Waals surface area contributed by atoms with E-state index in [0.717, 1.165) is 24.8 Å². The molecule has 1 aliphatic heterocycles. The van der Waals surface area contributed by atoms with E-state index in [1.165, 1.54) is 30.4 Å². The van der Waals surface area contributed by atoms with Crippen LogP contribution in [0, 0.1) is 5.92 Å². The maximum atomic E-state index is 5.78. The van der Waals surface area contributed by atoms with Crippen molar-refractivity contribution in [3.63, 3.8) is 0 Å². The van der Waals surface area contributed by atoms with Gasteiger partial charge >= 0.3 is 0 Å². The van der Waals surface area contributed by atoms with Gasteiger partial charge in [-0.3, -0.25) is 0 Å². The number of nitrogens with one attached hydrogen (secondary N) is 1. The Labute approximate surface area is 116 Å². The van der Waals surface area contributed by atoms with Crippen LogP contribution in [0.2, 0.25) is 0 Å². The van der Waals surface area contributed by atoms with Crippen molar-refractivity contribution in [2.45, 2.75) is 51.5 Å². The first-order chi connectivity index (χ1) is 9.10. The summed E-state index contributed by atoms with van der Waals surface area (Å²) in [6.45, 7) is 8.58. The highest BCUT2D eigenvalue weighted by Crippen LogP contribution is 2.42. The summed E-state index contributed by atoms with van der Waals surface area (Å²) >= 11 is 0. The van der Waals surface area contributed by atoms with Crippen molar-refractivity contribution >= 4 is 0 Å². The number of hydrogen-bond donors (Lipinski definition) is 1. The molecule has 0 bridgehead atoms. The van der Waals surface area contributed by atoms with Gasteiger partial charge in [0.2, 0.25) is 0 Å². The predicted octanol–water partition coefficient (Wildman–Crippen LogP) is 3.81. The summed E-state index contributed by atoms with van der Waals surface area (Å²) in [7, 11) is 0. The minimum Gasteiger partial charge on any atom is -0.492 e. The number of fused-ring (bicyclic) bond motifs is 1. The highest BCUT2D eigenvalue weighted by molar-refractivity contribution is 5.45. The van der Waals surface area contributed by atoms with Gasteiger partial charge in [0, 0.05) is 17.0 Å². The Morgan fingerprint density at radius 1 is 1.37 bits per heavy atom. The van der Waals surface area contributed by atoms with E-state index in [0.29, 0.717) is 6.04 Å². The zero-order valence-electron chi connectivity index (χ0n) is 12.3. The van der Waals surface area contributed by atoms with E-state index in [2.05, 4.69) is 44.3 Å². The van der Waals surface area contributed by atoms with Gasteiger partial charge in [-0.25, -0.2) is 0 Å². The van der Waals surface area contributed by atoms with Crippen LogP contribution in [0.3, 0.4) is 0 Å². The lowest BCUT2D eigenvalue weighted by Gasteiger charge is -2.21. The molecule has 3 rings (SSSR count). The molecule has 19 heavy (non-hydrogen) atoms. The third-order valence-corrected chi connectivity index (χ3v) is 4.44. The summed E-state index contributed by atoms with van der Waals surface area (Å²) in [6.07, 6.45) is 4.12. The molecule has 0 saturated heterocycles. The largest absolute Gasteiger partial charge is 0.492 e. The molecule has 1 atom stereocenters. The lowest BCUT2D eigenvalue weighted by molar-refractivity contribution is 0.291. The molecule has 0 spiro atoms. The van der Waals surface area contributed by atoms with Crippen molar-refractivity contribution in [1.29, 1.82) is 0 Å². The minimum atomic E-state index is 0.154. The van der Waals surface area contributed by atoms with Gasteiger partial charge in [-0.1, -0.05) is 39.7 Å². The van der Waals surface area contributed by atoms with Crippen LogP contribution in [0.25, 0.3) is 0 Å². The van der Waals surface area contributed by atoms with Crippen LogP contribution >= 0.6 is 0 Å². The van der Waals surface area contributed by atoms with Gasteiger partial charge in [0.05, 0.1) is 6.61 Å². The van der Waals surface area contributed by atoms with E-state index in [9.17, 15) is 0 Å². The third kappa shape index (κ3) is 2.64. The average Bonchev–Trinajstić information content (AvgIpc) is 3.15. The Morgan fingerprint density at radius 3 is 2.84 bits per heavy atom. The van der Waals surface area contributed by atoms with E-state index in [1.54, 1.807) is 0 Å². The predicted molar refractivity (Wildman–Crippen MR) is 78.7 cm³/mol. The lowest BCUT2D eigenvalue weighted by Crippen LogP contribution is -2.22. The van der Waals surface area contributed by atoms with Crippen LogP contribution in [-0.4, -0.2) is 13.2 Å². The Hall–Kier alpha value is -1.02. The molecule has 1 unspecified atom stereocenters. The Balaban J connectivity index is 1.86. The van der Waals surface area contributed by atoms with Crippen LogP contribution in [0.5, 0.6) is 5.75 Å². The van der Waals surface area contributed by atoms with Gasteiger partial charge in [-0.2, -0.15) is 0 Å². The fraction of sp³-hybridized carbons (Fsp3) is 0.647. The number of rotatable bonds is 5. The summed E-state index contributed by atoms with van der Waals surface area (Å²) in [5, 5.41) is 3.65. The molecule has 1 aliphatic carbocycles. The third-order valence-electron chi connectivity index (χ3n) is 4.44. The fourth-order valence-electron chi connectivity index (χ4n) is 3.03. The van der Waals surface area contributed by atoms with Crippen molar-refractivity contribution in [3.05, 3.63) is 29.3 Å². The first-order valence-corrected chi connectivity index (χ1v) is 7.61. The first kappa shape index (κ1) is 13.0. The van der Waals surface area contributed by atoms with Crippen LogP contribution in [0.15, 0.2) is 18.2 Å². The molecule has 1 saturated carbocycles. The fourth-order valence-corrected chi connectivity index (χ4v) is 3.03. The van der Waals surface area contributed by atoms with Gasteiger partial charge < -0.3 is 10.1 Å². The summed E-state index contributed by atoms with van der Waals surface area (Å²) in [4.78, 5) is 0. The molecule has 0 radical (unpaired) electrons. The van der Waals surface area contributed by atoms with Crippen LogP contribution < -0.4 is 10.1 Å². The number of hydrogen-bond acceptors (Lipinski definition) is 2. The van der Waals surface area contributed by atoms with Crippen LogP contribution in [-0.2, 0) is 5.41 Å². The van der Waals surface area contributed by atoms with Crippen molar-refractivity contribution in [3.8, 4) is 5.75 Å². The first-order valence-electron chi connectivity index (χ1n) is 7.61. The molecule has 0 aromatic heterocycles. The Morgan fingerprint density at radius 2 is 2.16 bits per heavy atom. The molecule has 0 amide bonds. The van der Waals surface area contributed by atoms with Gasteiger partial charge in [-0.05, 0) is 36.6 Å². The lowest BCUT2D eigenvalue weighted by atomic mass is 9.85. The van der Waals surface area contributed by atoms with Gasteiger partial charge in [-0.15, -0.1) is 0 Å². The smallest absolute Gasteiger partial charge is 0.123 e. The second kappa shape index (κ2) is 4.82. The molecular formula is C17H25NO. The summed E-state index contributed by atoms with van der Waals surface area (Å²) in [5.74, 6) is 2.02. The summed E-state index contributed by atoms with van der Waals surface area (Å²) in [5.41, 5.74) is 2.97. The van der Waals surface area contributed by atoms with Gasteiger partial charge in [0.15, 0.2) is 0 Å². The Bertz CT molecular complexity index is 462. The maximum Gasteiger partial charge on any atom is 0.123 e. The van der Waals surface area contributed by atoms with E-state index < -0.39 is 0 Å². The molecule has 2 aliphatic rings. The number of benzene rings is 1. The normalized spacial score (nSPS) is 21.8. The quantitative estimate of drug-likeness (QED) is 0.868. The molecule has 2 nitrogen and oxygen atoms in total. The maximum absolute atomic E-state index is 5.78. The van der Waals surface area contributed by atoms with Crippen LogP contribution in [0.1, 0.15) is 57.2 Å². The molecule has 1 fully saturated rings. The summed E-state index contributed by atoms with van der Waals surface area (Å²) in [6, 6.07) is 7.30. The van der Waals surface area contributed by atoms with E-state index in [-0.39, 0.29) is 5.41 Å². The van der Waals surface area contributed by atoms with Crippen molar-refractivity contribution in [2.75, 3.05) is 13.2 Å². The Kier molecular flexibility index (Phi) is 3.30. The topological polar surface area (TPSA) is 21.3 Å². The second-order valence-corrected chi connectivity index (χ2v) is 6.72. The molecule has 2 heteroatoms.